The van der Waals surface area contributed by atoms with E-state index in [1.54, 1.807) is 21.3 Å². The van der Waals surface area contributed by atoms with Crippen molar-refractivity contribution in [2.45, 2.75) is 131 Å². The van der Waals surface area contributed by atoms with Crippen molar-refractivity contribution in [3.8, 4) is 44.8 Å². The van der Waals surface area contributed by atoms with Crippen molar-refractivity contribution in [1.29, 1.82) is 0 Å². The van der Waals surface area contributed by atoms with Crippen LogP contribution in [-0.4, -0.2) is 21.9 Å². The van der Waals surface area contributed by atoms with Crippen molar-refractivity contribution in [2.24, 2.45) is 23.2 Å². The van der Waals surface area contributed by atoms with Crippen molar-refractivity contribution >= 4 is 95.1 Å². The molecule has 498 valence electrons. The van der Waals surface area contributed by atoms with Gasteiger partial charge in [-0.15, -0.1) is 0 Å². The average molecular weight is 1330 g/mol. The standard InChI is InChI=1S/C96H91BN4/c1-94(2,3)68-54-76(63-33-17-11-18-34-63)92(77(55-68)64-35-19-12-20-36-64)100-87-60-71(98-83-44-28-25-41-73(83)74-42-26-29-45-84(74)98)48-50-81(87)97-82-51-49-72(99-85-46-30-27-43-75(85)80-53-67(47-52-86(80)99)62-31-15-10-16-32-62)61-88(82)101(90-59-70(96(7,8)9)58-89(100)91(90)97)93-78(65-37-21-13-22-38-65)56-69(95(4,5)6)57-79(93)66-39-23-14-24-40-66/h10-11,13-17,21-32,35,37-54,56-61,63,68,77,92H,12,18-20,33-34,36,55H2,1-9H3/i25D,26D,27D,28D,29D,30D,41D,42D,43D,44D,45D,46D,47D,52D,53D. The van der Waals surface area contributed by atoms with E-state index in [2.05, 4.69) is 193 Å². The fraction of sp³-hybridized carbons (Fsp3) is 0.250. The molecule has 13 aromatic rings. The Morgan fingerprint density at radius 2 is 1.01 bits per heavy atom. The van der Waals surface area contributed by atoms with Crippen LogP contribution in [0.3, 0.4) is 0 Å². The van der Waals surface area contributed by atoms with E-state index in [9.17, 15) is 17.8 Å². The number of hydrogen-bond donors (Lipinski definition) is 0. The lowest BCUT2D eigenvalue weighted by molar-refractivity contribution is 0.220. The van der Waals surface area contributed by atoms with Crippen molar-refractivity contribution in [3.63, 3.8) is 0 Å². The van der Waals surface area contributed by atoms with Crippen LogP contribution in [0.2, 0.25) is 0 Å². The van der Waals surface area contributed by atoms with Gasteiger partial charge in [-0.25, -0.2) is 0 Å². The Balaban J connectivity index is 1.04. The Kier molecular flexibility index (Phi) is 11.7. The molecule has 2 aliphatic heterocycles. The van der Waals surface area contributed by atoms with E-state index in [4.69, 9.17) is 2.74 Å². The van der Waals surface area contributed by atoms with Crippen LogP contribution in [0.1, 0.15) is 145 Å². The molecule has 4 unspecified atom stereocenters. The van der Waals surface area contributed by atoms with Gasteiger partial charge >= 0.3 is 0 Å². The molecule has 5 heteroatoms. The maximum Gasteiger partial charge on any atom is 0.252 e. The van der Waals surface area contributed by atoms with E-state index < -0.39 is 72.6 Å². The molecule has 0 saturated carbocycles. The highest BCUT2D eigenvalue weighted by Crippen LogP contribution is 2.56. The normalized spacial score (nSPS) is 20.5. The van der Waals surface area contributed by atoms with E-state index in [1.165, 1.54) is 11.1 Å². The first-order valence-electron chi connectivity index (χ1n) is 43.8. The number of allylic oxidation sites excluding steroid dienone is 4. The van der Waals surface area contributed by atoms with Gasteiger partial charge in [0.15, 0.2) is 0 Å². The summed E-state index contributed by atoms with van der Waals surface area (Å²) in [6.45, 7) is 19.9. The quantitative estimate of drug-likeness (QED) is 0.106. The molecule has 18 rings (SSSR count). The zero-order valence-electron chi connectivity index (χ0n) is 74.1. The lowest BCUT2D eigenvalue weighted by Crippen LogP contribution is -2.64. The van der Waals surface area contributed by atoms with Crippen LogP contribution in [0.4, 0.5) is 28.4 Å². The monoisotopic (exact) mass is 1330 g/mol. The third kappa shape index (κ3) is 10.6. The molecule has 4 nitrogen and oxygen atoms in total. The van der Waals surface area contributed by atoms with E-state index in [-0.39, 0.29) is 114 Å². The summed E-state index contributed by atoms with van der Waals surface area (Å²) in [6.07, 6.45) is 17.4. The summed E-state index contributed by atoms with van der Waals surface area (Å²) >= 11 is 0. The fourth-order valence-corrected chi connectivity index (χ4v) is 17.4. The minimum atomic E-state index is -0.643. The summed E-state index contributed by atoms with van der Waals surface area (Å²) < 4.78 is 148. The second kappa shape index (κ2) is 24.3. The van der Waals surface area contributed by atoms with Crippen LogP contribution < -0.4 is 26.2 Å². The molecule has 0 bridgehead atoms. The van der Waals surface area contributed by atoms with Crippen molar-refractivity contribution < 1.29 is 20.6 Å². The molecule has 0 radical (unpaired) electrons. The number of hydrogen-bond acceptors (Lipinski definition) is 2. The second-order valence-corrected chi connectivity index (χ2v) is 31.8. The topological polar surface area (TPSA) is 16.3 Å². The Hall–Kier alpha value is -10.1. The highest BCUT2D eigenvalue weighted by molar-refractivity contribution is 7.00. The van der Waals surface area contributed by atoms with Gasteiger partial charge < -0.3 is 18.9 Å². The summed E-state index contributed by atoms with van der Waals surface area (Å²) in [4.78, 5) is 5.10. The molecular formula is C96H91BN4. The molecule has 11 aromatic carbocycles. The van der Waals surface area contributed by atoms with Gasteiger partial charge in [-0.2, -0.15) is 0 Å². The zero-order chi connectivity index (χ0) is 81.7. The van der Waals surface area contributed by atoms with Gasteiger partial charge in [0.05, 0.1) is 54.4 Å². The maximum absolute atomic E-state index is 10.3. The molecule has 3 aliphatic carbocycles. The molecule has 0 fully saturated rings. The number of anilines is 5. The Bertz CT molecular complexity index is 6320. The minimum absolute atomic E-state index is 0.0129. The van der Waals surface area contributed by atoms with Crippen molar-refractivity contribution in [1.82, 2.24) is 9.13 Å². The first kappa shape index (κ1) is 48.6. The van der Waals surface area contributed by atoms with Crippen LogP contribution in [-0.2, 0) is 10.8 Å². The number of para-hydroxylation sites is 3. The number of nitrogens with zero attached hydrogens (tertiary/aromatic N) is 4. The fourth-order valence-electron chi connectivity index (χ4n) is 17.4. The number of aromatic nitrogens is 2. The summed E-state index contributed by atoms with van der Waals surface area (Å²) in [5.41, 5.74) is 16.2. The van der Waals surface area contributed by atoms with Gasteiger partial charge in [0.1, 0.15) is 0 Å². The lowest BCUT2D eigenvalue weighted by Gasteiger charge is -2.53. The Labute approximate surface area is 619 Å². The number of fused-ring (bicyclic) bond motifs is 10. The van der Waals surface area contributed by atoms with Gasteiger partial charge in [-0.1, -0.05) is 256 Å². The minimum Gasteiger partial charge on any atom is -0.334 e. The summed E-state index contributed by atoms with van der Waals surface area (Å²) in [7, 11) is 0. The smallest absolute Gasteiger partial charge is 0.252 e. The number of rotatable bonds is 9. The van der Waals surface area contributed by atoms with E-state index in [0.717, 1.165) is 124 Å². The van der Waals surface area contributed by atoms with Gasteiger partial charge in [0.25, 0.3) is 6.71 Å². The molecule has 5 aliphatic rings. The molecular weight excluding hydrogens is 1220 g/mol. The van der Waals surface area contributed by atoms with Gasteiger partial charge in [-0.05, 0) is 214 Å². The Morgan fingerprint density at radius 1 is 0.475 bits per heavy atom. The third-order valence-corrected chi connectivity index (χ3v) is 22.6. The Morgan fingerprint density at radius 3 is 1.56 bits per heavy atom. The predicted octanol–water partition coefficient (Wildman–Crippen LogP) is 24.1. The average Bonchev–Trinajstić information content (AvgIpc) is 0.714. The van der Waals surface area contributed by atoms with Crippen LogP contribution >= 0.6 is 0 Å². The highest BCUT2D eigenvalue weighted by atomic mass is 15.2. The summed E-state index contributed by atoms with van der Waals surface area (Å²) in [5.74, 6) is 0.292. The molecule has 0 amide bonds. The van der Waals surface area contributed by atoms with E-state index in [0.29, 0.717) is 22.6 Å². The van der Waals surface area contributed by atoms with Crippen LogP contribution in [0.15, 0.2) is 278 Å². The summed E-state index contributed by atoms with van der Waals surface area (Å²) in [6, 6.07) is 45.5. The largest absolute Gasteiger partial charge is 0.334 e. The summed E-state index contributed by atoms with van der Waals surface area (Å²) in [5, 5.41) is 0.145. The predicted molar refractivity (Wildman–Crippen MR) is 433 cm³/mol. The maximum atomic E-state index is 10.3. The first-order chi connectivity index (χ1) is 55.3. The molecule has 0 saturated heterocycles. The van der Waals surface area contributed by atoms with Crippen molar-refractivity contribution in [2.75, 3.05) is 9.80 Å². The van der Waals surface area contributed by atoms with E-state index in [1.807, 2.05) is 42.5 Å². The zero-order valence-corrected chi connectivity index (χ0v) is 59.1. The van der Waals surface area contributed by atoms with E-state index >= 15 is 0 Å². The van der Waals surface area contributed by atoms with Gasteiger partial charge in [0, 0.05) is 72.7 Å². The molecule has 0 N–H and O–H groups in total. The third-order valence-electron chi connectivity index (χ3n) is 22.6. The van der Waals surface area contributed by atoms with Crippen LogP contribution in [0.25, 0.3) is 88.4 Å². The molecule has 4 atom stereocenters. The molecule has 0 spiro atoms. The second-order valence-electron chi connectivity index (χ2n) is 31.8. The first-order valence-corrected chi connectivity index (χ1v) is 36.3. The lowest BCUT2D eigenvalue weighted by atomic mass is 9.33. The SMILES string of the molecule is [2H]c1c([2H])c([2H])c2c(c1[2H])c1c([2H])c([2H])c([2H])c([2H])c1n2-c1ccc2c(c1)N(C1C(C3CC=CCC3)=CC(C(C)(C)C)CC1C1=CCCCC1)c1cc(C(C)(C)C)cc3c1B2c1ccc(-n2c4c([2H])c([2H])c([2H])c([2H])c4c4c([2H])c(-c5ccccc5)c([2H])c([2H])c42)cc1N3c1c(-c2ccccc2)cc(C(C)(C)C)cc1-c1ccccc1. The van der Waals surface area contributed by atoms with Gasteiger partial charge in [0.2, 0.25) is 0 Å². The van der Waals surface area contributed by atoms with Crippen LogP contribution in [0, 0.1) is 23.2 Å². The van der Waals surface area contributed by atoms with Crippen LogP contribution in [0.5, 0.6) is 0 Å². The number of benzene rings is 11. The molecule has 101 heavy (non-hydrogen) atoms. The molecule has 4 heterocycles. The van der Waals surface area contributed by atoms with Crippen molar-refractivity contribution in [3.05, 3.63) is 289 Å². The van der Waals surface area contributed by atoms with Gasteiger partial charge in [-0.3, -0.25) is 0 Å². The molecule has 2 aromatic heterocycles. The highest BCUT2D eigenvalue weighted by Gasteiger charge is 2.51.